The van der Waals surface area contributed by atoms with E-state index in [4.69, 9.17) is 0 Å². The zero-order valence-corrected chi connectivity index (χ0v) is 17.1. The van der Waals surface area contributed by atoms with E-state index in [1.54, 1.807) is 20.8 Å². The topological polar surface area (TPSA) is 34.1 Å². The number of hydrogen-bond donors (Lipinski definition) is 0. The smallest absolute Gasteiger partial charge is 0.155 e. The van der Waals surface area contributed by atoms with Crippen molar-refractivity contribution in [3.63, 3.8) is 0 Å². The van der Waals surface area contributed by atoms with Gasteiger partial charge in [-0.3, -0.25) is 0 Å². The first-order valence-electron chi connectivity index (χ1n) is 6.99. The molecule has 1 aromatic rings. The molecule has 0 saturated heterocycles. The summed E-state index contributed by atoms with van der Waals surface area (Å²) < 4.78 is 24.1. The zero-order valence-electron chi connectivity index (χ0n) is 13.1. The molecule has 1 rings (SSSR count). The van der Waals surface area contributed by atoms with Crippen LogP contribution in [-0.2, 0) is 15.3 Å². The standard InChI is InChI=1S/C16H24Br2O2S/c1-13-5-7-14(8-6-13)16(11-17,12-18)9-10-21(19,20)15(2,3)4/h5-8H,9-12H2,1-4H3. The van der Waals surface area contributed by atoms with Gasteiger partial charge in [0.05, 0.1) is 10.5 Å². The molecule has 0 aliphatic heterocycles. The maximum atomic E-state index is 12.4. The quantitative estimate of drug-likeness (QED) is 0.605. The number of sulfone groups is 1. The van der Waals surface area contributed by atoms with Gasteiger partial charge in [0, 0.05) is 16.1 Å². The Balaban J connectivity index is 3.05. The van der Waals surface area contributed by atoms with Crippen molar-refractivity contribution in [2.75, 3.05) is 16.4 Å². The van der Waals surface area contributed by atoms with Crippen molar-refractivity contribution < 1.29 is 8.42 Å². The number of aryl methyl sites for hydroxylation is 1. The highest BCUT2D eigenvalue weighted by Gasteiger charge is 2.35. The molecule has 2 nitrogen and oxygen atoms in total. The first-order valence-corrected chi connectivity index (χ1v) is 10.9. The summed E-state index contributed by atoms with van der Waals surface area (Å²) in [6.07, 6.45) is 0.603. The lowest BCUT2D eigenvalue weighted by atomic mass is 9.82. The molecule has 0 aromatic heterocycles. The van der Waals surface area contributed by atoms with E-state index >= 15 is 0 Å². The summed E-state index contributed by atoms with van der Waals surface area (Å²) in [5.41, 5.74) is 2.18. The van der Waals surface area contributed by atoms with Crippen LogP contribution in [-0.4, -0.2) is 29.6 Å². The predicted octanol–water partition coefficient (Wildman–Crippen LogP) is 4.63. The molecule has 1 aromatic carbocycles. The molecule has 0 spiro atoms. The Morgan fingerprint density at radius 2 is 1.48 bits per heavy atom. The average molecular weight is 440 g/mol. The lowest BCUT2D eigenvalue weighted by molar-refractivity contribution is 0.511. The third-order valence-corrected chi connectivity index (χ3v) is 8.71. The fourth-order valence-electron chi connectivity index (χ4n) is 2.01. The average Bonchev–Trinajstić information content (AvgIpc) is 2.41. The number of benzene rings is 1. The Labute approximate surface area is 145 Å². The summed E-state index contributed by atoms with van der Waals surface area (Å²) in [4.78, 5) is 0. The fraction of sp³-hybridized carbons (Fsp3) is 0.625. The van der Waals surface area contributed by atoms with Gasteiger partial charge in [0.15, 0.2) is 9.84 Å². The van der Waals surface area contributed by atoms with E-state index in [0.717, 1.165) is 10.7 Å². The second-order valence-corrected chi connectivity index (χ2v) is 10.6. The maximum Gasteiger partial charge on any atom is 0.155 e. The highest BCUT2D eigenvalue weighted by Crippen LogP contribution is 2.34. The second kappa shape index (κ2) is 7.14. The first kappa shape index (κ1) is 19.2. The SMILES string of the molecule is Cc1ccc(C(CBr)(CBr)CCS(=O)(=O)C(C)(C)C)cc1. The van der Waals surface area contributed by atoms with Crippen molar-refractivity contribution in [1.82, 2.24) is 0 Å². The third kappa shape index (κ3) is 4.55. The summed E-state index contributed by atoms with van der Waals surface area (Å²) in [7, 11) is -3.11. The number of hydrogen-bond acceptors (Lipinski definition) is 2. The van der Waals surface area contributed by atoms with E-state index in [2.05, 4.69) is 63.0 Å². The molecule has 21 heavy (non-hydrogen) atoms. The van der Waals surface area contributed by atoms with E-state index < -0.39 is 14.6 Å². The molecule has 0 fully saturated rings. The third-order valence-electron chi connectivity index (χ3n) is 3.96. The molecule has 0 aliphatic carbocycles. The van der Waals surface area contributed by atoms with E-state index in [1.807, 2.05) is 0 Å². The lowest BCUT2D eigenvalue weighted by Crippen LogP contribution is -2.37. The van der Waals surface area contributed by atoms with Crippen molar-refractivity contribution in [2.45, 2.75) is 44.3 Å². The molecular formula is C16H24Br2O2S. The Morgan fingerprint density at radius 1 is 1.00 bits per heavy atom. The van der Waals surface area contributed by atoms with Gasteiger partial charge < -0.3 is 0 Å². The van der Waals surface area contributed by atoms with Crippen LogP contribution >= 0.6 is 31.9 Å². The van der Waals surface area contributed by atoms with Crippen LogP contribution in [0.5, 0.6) is 0 Å². The minimum atomic E-state index is -3.11. The van der Waals surface area contributed by atoms with Gasteiger partial charge in [-0.25, -0.2) is 8.42 Å². The highest BCUT2D eigenvalue weighted by molar-refractivity contribution is 9.09. The molecule has 0 amide bonds. The molecular weight excluding hydrogens is 416 g/mol. The van der Waals surface area contributed by atoms with Gasteiger partial charge in [0.2, 0.25) is 0 Å². The Bertz CT molecular complexity index is 553. The Hall–Kier alpha value is 0.130. The zero-order chi connectivity index (χ0) is 16.3. The van der Waals surface area contributed by atoms with Crippen LogP contribution in [0.4, 0.5) is 0 Å². The van der Waals surface area contributed by atoms with Gasteiger partial charge >= 0.3 is 0 Å². The summed E-state index contributed by atoms with van der Waals surface area (Å²) in [5.74, 6) is 0.196. The molecule has 0 unspecified atom stereocenters. The molecule has 0 heterocycles. The fourth-order valence-corrected chi connectivity index (χ4v) is 5.42. The summed E-state index contributed by atoms with van der Waals surface area (Å²) in [6.45, 7) is 7.34. The van der Waals surface area contributed by atoms with Crippen molar-refractivity contribution in [1.29, 1.82) is 0 Å². The van der Waals surface area contributed by atoms with Crippen LogP contribution in [0.2, 0.25) is 0 Å². The van der Waals surface area contributed by atoms with Crippen LogP contribution in [0.3, 0.4) is 0 Å². The van der Waals surface area contributed by atoms with Gasteiger partial charge in [-0.15, -0.1) is 0 Å². The Morgan fingerprint density at radius 3 is 1.86 bits per heavy atom. The molecule has 5 heteroatoms. The van der Waals surface area contributed by atoms with Crippen LogP contribution < -0.4 is 0 Å². The van der Waals surface area contributed by atoms with E-state index in [9.17, 15) is 8.42 Å². The van der Waals surface area contributed by atoms with Gasteiger partial charge in [0.25, 0.3) is 0 Å². The number of alkyl halides is 2. The van der Waals surface area contributed by atoms with E-state index in [1.165, 1.54) is 11.1 Å². The molecule has 120 valence electrons. The van der Waals surface area contributed by atoms with Crippen molar-refractivity contribution in [2.24, 2.45) is 0 Å². The van der Waals surface area contributed by atoms with Crippen molar-refractivity contribution in [3.8, 4) is 0 Å². The van der Waals surface area contributed by atoms with Gasteiger partial charge in [-0.05, 0) is 39.7 Å². The molecule has 0 bridgehead atoms. The van der Waals surface area contributed by atoms with Crippen LogP contribution in [0.25, 0.3) is 0 Å². The molecule has 0 radical (unpaired) electrons. The van der Waals surface area contributed by atoms with Crippen LogP contribution in [0.1, 0.15) is 38.3 Å². The maximum absolute atomic E-state index is 12.4. The van der Waals surface area contributed by atoms with Gasteiger partial charge in [0.1, 0.15) is 0 Å². The molecule has 0 aliphatic rings. The normalized spacial score (nSPS) is 13.4. The van der Waals surface area contributed by atoms with Crippen molar-refractivity contribution in [3.05, 3.63) is 35.4 Å². The van der Waals surface area contributed by atoms with Gasteiger partial charge in [-0.2, -0.15) is 0 Å². The number of rotatable bonds is 6. The van der Waals surface area contributed by atoms with Crippen molar-refractivity contribution >= 4 is 41.7 Å². The first-order chi connectivity index (χ1) is 9.58. The minimum absolute atomic E-state index is 0.196. The molecule has 0 N–H and O–H groups in total. The summed E-state index contributed by atoms with van der Waals surface area (Å²) in [5, 5.41) is 1.46. The monoisotopic (exact) mass is 438 g/mol. The second-order valence-electron chi connectivity index (χ2n) is 6.59. The summed E-state index contributed by atoms with van der Waals surface area (Å²) >= 11 is 7.16. The molecule has 0 atom stereocenters. The minimum Gasteiger partial charge on any atom is -0.228 e. The molecule has 0 saturated carbocycles. The highest BCUT2D eigenvalue weighted by atomic mass is 79.9. The van der Waals surface area contributed by atoms with E-state index in [0.29, 0.717) is 6.42 Å². The lowest BCUT2D eigenvalue weighted by Gasteiger charge is -2.32. The van der Waals surface area contributed by atoms with Gasteiger partial charge in [-0.1, -0.05) is 61.7 Å². The van der Waals surface area contributed by atoms with Crippen LogP contribution in [0, 0.1) is 6.92 Å². The van der Waals surface area contributed by atoms with E-state index in [-0.39, 0.29) is 11.2 Å². The number of halogens is 2. The predicted molar refractivity (Wildman–Crippen MR) is 98.6 cm³/mol. The van der Waals surface area contributed by atoms with Crippen LogP contribution in [0.15, 0.2) is 24.3 Å². The Kier molecular flexibility index (Phi) is 6.52. The summed E-state index contributed by atoms with van der Waals surface area (Å²) in [6, 6.07) is 8.35. The largest absolute Gasteiger partial charge is 0.228 e.